The molecule has 2 amide bonds. The van der Waals surface area contributed by atoms with Crippen LogP contribution in [0.4, 0.5) is 4.79 Å². The lowest BCUT2D eigenvalue weighted by atomic mass is 10.0. The Morgan fingerprint density at radius 3 is 2.48 bits per heavy atom. The monoisotopic (exact) mass is 361 g/mol. The Balaban J connectivity index is 1.63. The number of nitrogens with one attached hydrogen (secondary N) is 2. The van der Waals surface area contributed by atoms with Gasteiger partial charge in [0.05, 0.1) is 18.8 Å². The minimum Gasteiger partial charge on any atom is -0.496 e. The summed E-state index contributed by atoms with van der Waals surface area (Å²) >= 11 is 0. The van der Waals surface area contributed by atoms with Gasteiger partial charge in [0.15, 0.2) is 0 Å². The van der Waals surface area contributed by atoms with E-state index in [1.807, 2.05) is 72.8 Å². The van der Waals surface area contributed by atoms with Crippen LogP contribution in [0.5, 0.6) is 5.75 Å². The Kier molecular flexibility index (Phi) is 6.41. The Bertz CT molecular complexity index is 814. The first-order chi connectivity index (χ1) is 13.3. The number of rotatable bonds is 7. The van der Waals surface area contributed by atoms with E-state index in [0.717, 1.165) is 22.6 Å². The molecule has 0 spiro atoms. The number of pyridine rings is 1. The van der Waals surface area contributed by atoms with Crippen molar-refractivity contribution in [2.45, 2.75) is 12.5 Å². The highest BCUT2D eigenvalue weighted by atomic mass is 16.5. The van der Waals surface area contributed by atoms with E-state index in [2.05, 4.69) is 15.6 Å². The van der Waals surface area contributed by atoms with Gasteiger partial charge < -0.3 is 15.4 Å². The standard InChI is InChI=1S/C22H23N3O2/c1-27-20-13-6-5-9-17(20)14-16-24-22(26)25-21(18-10-3-2-4-11-18)19-12-7-8-15-23-19/h2-13,15,21H,14,16H2,1H3,(H2,24,25,26)/t21-/m0/s1. The third-order valence-electron chi connectivity index (χ3n) is 4.26. The maximum absolute atomic E-state index is 12.5. The average molecular weight is 361 g/mol. The minimum atomic E-state index is -0.307. The lowest BCUT2D eigenvalue weighted by Gasteiger charge is -2.19. The van der Waals surface area contributed by atoms with Crippen molar-refractivity contribution in [1.29, 1.82) is 0 Å². The number of amides is 2. The fourth-order valence-electron chi connectivity index (χ4n) is 2.92. The number of aromatic nitrogens is 1. The number of hydrogen-bond donors (Lipinski definition) is 2. The first-order valence-electron chi connectivity index (χ1n) is 8.90. The molecule has 1 atom stereocenters. The quantitative estimate of drug-likeness (QED) is 0.674. The second kappa shape index (κ2) is 9.38. The van der Waals surface area contributed by atoms with Crippen LogP contribution in [-0.2, 0) is 6.42 Å². The molecular formula is C22H23N3O2. The summed E-state index contributed by atoms with van der Waals surface area (Å²) in [6.45, 7) is 0.510. The van der Waals surface area contributed by atoms with Gasteiger partial charge in [-0.15, -0.1) is 0 Å². The molecule has 1 aromatic heterocycles. The highest BCUT2D eigenvalue weighted by Crippen LogP contribution is 2.20. The zero-order chi connectivity index (χ0) is 18.9. The molecule has 3 aromatic rings. The molecule has 138 valence electrons. The molecule has 0 aliphatic rings. The molecule has 0 bridgehead atoms. The summed E-state index contributed by atoms with van der Waals surface area (Å²) < 4.78 is 5.35. The summed E-state index contributed by atoms with van der Waals surface area (Å²) in [6.07, 6.45) is 2.42. The second-order valence-electron chi connectivity index (χ2n) is 6.06. The van der Waals surface area contributed by atoms with E-state index in [1.54, 1.807) is 13.3 Å². The van der Waals surface area contributed by atoms with E-state index >= 15 is 0 Å². The number of nitrogens with zero attached hydrogens (tertiary/aromatic N) is 1. The van der Waals surface area contributed by atoms with Gasteiger partial charge in [0, 0.05) is 12.7 Å². The fourth-order valence-corrected chi connectivity index (χ4v) is 2.92. The van der Waals surface area contributed by atoms with Crippen LogP contribution in [0.25, 0.3) is 0 Å². The molecule has 0 aliphatic heterocycles. The Morgan fingerprint density at radius 2 is 1.74 bits per heavy atom. The number of ether oxygens (including phenoxy) is 1. The normalized spacial score (nSPS) is 11.4. The smallest absolute Gasteiger partial charge is 0.315 e. The van der Waals surface area contributed by atoms with Crippen molar-refractivity contribution in [2.75, 3.05) is 13.7 Å². The number of urea groups is 1. The van der Waals surface area contributed by atoms with E-state index in [9.17, 15) is 4.79 Å². The number of benzene rings is 2. The molecule has 2 aromatic carbocycles. The molecule has 5 nitrogen and oxygen atoms in total. The maximum atomic E-state index is 12.5. The molecule has 0 unspecified atom stereocenters. The highest BCUT2D eigenvalue weighted by molar-refractivity contribution is 5.75. The zero-order valence-electron chi connectivity index (χ0n) is 15.3. The van der Waals surface area contributed by atoms with E-state index in [1.165, 1.54) is 0 Å². The summed E-state index contributed by atoms with van der Waals surface area (Å²) in [6, 6.07) is 22.8. The number of para-hydroxylation sites is 1. The van der Waals surface area contributed by atoms with Crippen LogP contribution in [0.1, 0.15) is 22.9 Å². The lowest BCUT2D eigenvalue weighted by Crippen LogP contribution is -2.39. The third-order valence-corrected chi connectivity index (χ3v) is 4.26. The summed E-state index contributed by atoms with van der Waals surface area (Å²) in [4.78, 5) is 16.9. The highest BCUT2D eigenvalue weighted by Gasteiger charge is 2.17. The molecule has 0 aliphatic carbocycles. The topological polar surface area (TPSA) is 63.2 Å². The summed E-state index contributed by atoms with van der Waals surface area (Å²) in [7, 11) is 1.65. The van der Waals surface area contributed by atoms with Gasteiger partial charge in [-0.05, 0) is 35.7 Å². The van der Waals surface area contributed by atoms with Gasteiger partial charge in [0.1, 0.15) is 5.75 Å². The number of hydrogen-bond acceptors (Lipinski definition) is 3. The molecule has 1 heterocycles. The van der Waals surface area contributed by atoms with Gasteiger partial charge in [-0.3, -0.25) is 4.98 Å². The van der Waals surface area contributed by atoms with Gasteiger partial charge in [0.25, 0.3) is 0 Å². The van der Waals surface area contributed by atoms with Crippen LogP contribution >= 0.6 is 0 Å². The van der Waals surface area contributed by atoms with E-state index < -0.39 is 0 Å². The van der Waals surface area contributed by atoms with Crippen LogP contribution in [0.3, 0.4) is 0 Å². The first kappa shape index (κ1) is 18.5. The predicted octanol–water partition coefficient (Wildman–Crippen LogP) is 3.72. The number of carbonyl (C=O) groups is 1. The SMILES string of the molecule is COc1ccccc1CCNC(=O)N[C@@H](c1ccccc1)c1ccccn1. The van der Waals surface area contributed by atoms with E-state index in [0.29, 0.717) is 13.0 Å². The maximum Gasteiger partial charge on any atom is 0.315 e. The van der Waals surface area contributed by atoms with E-state index in [4.69, 9.17) is 4.74 Å². The largest absolute Gasteiger partial charge is 0.496 e. The van der Waals surface area contributed by atoms with Crippen LogP contribution < -0.4 is 15.4 Å². The summed E-state index contributed by atoms with van der Waals surface area (Å²) in [5.41, 5.74) is 2.84. The van der Waals surface area contributed by atoms with Gasteiger partial charge in [-0.25, -0.2) is 4.79 Å². The van der Waals surface area contributed by atoms with Gasteiger partial charge in [0.2, 0.25) is 0 Å². The number of methoxy groups -OCH3 is 1. The molecule has 0 radical (unpaired) electrons. The molecular weight excluding hydrogens is 338 g/mol. The Morgan fingerprint density at radius 1 is 1.00 bits per heavy atom. The average Bonchev–Trinajstić information content (AvgIpc) is 2.73. The van der Waals surface area contributed by atoms with Crippen molar-refractivity contribution in [1.82, 2.24) is 15.6 Å². The van der Waals surface area contributed by atoms with Crippen molar-refractivity contribution in [3.63, 3.8) is 0 Å². The summed E-state index contributed by atoms with van der Waals surface area (Å²) in [5, 5.41) is 5.94. The number of carbonyl (C=O) groups excluding carboxylic acids is 1. The van der Waals surface area contributed by atoms with Gasteiger partial charge in [-0.2, -0.15) is 0 Å². The van der Waals surface area contributed by atoms with Crippen molar-refractivity contribution in [3.8, 4) is 5.75 Å². The van der Waals surface area contributed by atoms with Crippen molar-refractivity contribution in [2.24, 2.45) is 0 Å². The van der Waals surface area contributed by atoms with Crippen molar-refractivity contribution < 1.29 is 9.53 Å². The Labute approximate surface area is 159 Å². The lowest BCUT2D eigenvalue weighted by molar-refractivity contribution is 0.238. The van der Waals surface area contributed by atoms with Crippen molar-refractivity contribution >= 4 is 6.03 Å². The van der Waals surface area contributed by atoms with Crippen LogP contribution in [-0.4, -0.2) is 24.7 Å². The van der Waals surface area contributed by atoms with Crippen LogP contribution in [0.2, 0.25) is 0 Å². The minimum absolute atomic E-state index is 0.232. The third kappa shape index (κ3) is 5.07. The molecule has 2 N–H and O–H groups in total. The summed E-state index contributed by atoms with van der Waals surface area (Å²) in [5.74, 6) is 0.829. The van der Waals surface area contributed by atoms with Crippen molar-refractivity contribution in [3.05, 3.63) is 95.8 Å². The molecule has 27 heavy (non-hydrogen) atoms. The Hall–Kier alpha value is -3.34. The van der Waals surface area contributed by atoms with E-state index in [-0.39, 0.29) is 12.1 Å². The first-order valence-corrected chi connectivity index (χ1v) is 8.90. The fraction of sp³-hybridized carbons (Fsp3) is 0.182. The van der Waals surface area contributed by atoms with Gasteiger partial charge in [-0.1, -0.05) is 54.6 Å². The molecule has 3 rings (SSSR count). The van der Waals surface area contributed by atoms with Gasteiger partial charge >= 0.3 is 6.03 Å². The predicted molar refractivity (Wildman–Crippen MR) is 106 cm³/mol. The second-order valence-corrected chi connectivity index (χ2v) is 6.06. The zero-order valence-corrected chi connectivity index (χ0v) is 15.3. The molecule has 0 saturated carbocycles. The van der Waals surface area contributed by atoms with Crippen LogP contribution in [0, 0.1) is 0 Å². The van der Waals surface area contributed by atoms with Crippen LogP contribution in [0.15, 0.2) is 79.0 Å². The molecule has 0 fully saturated rings. The molecule has 0 saturated heterocycles. The molecule has 5 heteroatoms.